The summed E-state index contributed by atoms with van der Waals surface area (Å²) in [6, 6.07) is 3.82. The van der Waals surface area contributed by atoms with Gasteiger partial charge in [-0.15, -0.1) is 11.8 Å². The molecule has 150 valence electrons. The van der Waals surface area contributed by atoms with Crippen LogP contribution in [0.4, 0.5) is 14.6 Å². The number of fused-ring (bicyclic) bond motifs is 1. The van der Waals surface area contributed by atoms with Gasteiger partial charge in [0.1, 0.15) is 17.2 Å². The molecule has 1 unspecified atom stereocenters. The third-order valence-electron chi connectivity index (χ3n) is 4.64. The van der Waals surface area contributed by atoms with E-state index in [1.165, 1.54) is 23.9 Å². The monoisotopic (exact) mass is 406 g/mol. The first kappa shape index (κ1) is 20.5. The molecule has 0 radical (unpaired) electrons. The maximum Gasteiger partial charge on any atom is 0.151 e. The third-order valence-corrected chi connectivity index (χ3v) is 5.78. The van der Waals surface area contributed by atoms with Gasteiger partial charge in [0.2, 0.25) is 0 Å². The number of imidazole rings is 1. The van der Waals surface area contributed by atoms with Crippen molar-refractivity contribution >= 4 is 28.6 Å². The minimum atomic E-state index is -0.553. The Balaban J connectivity index is 1.60. The van der Waals surface area contributed by atoms with Crippen LogP contribution in [0.2, 0.25) is 0 Å². The van der Waals surface area contributed by atoms with Crippen LogP contribution in [0.5, 0.6) is 0 Å². The average molecular weight is 407 g/mol. The number of halogens is 2. The summed E-state index contributed by atoms with van der Waals surface area (Å²) < 4.78 is 34.2. The van der Waals surface area contributed by atoms with Crippen molar-refractivity contribution in [1.29, 1.82) is 0 Å². The van der Waals surface area contributed by atoms with Crippen LogP contribution < -0.4 is 5.73 Å². The number of aryl methyl sites for hydroxylation is 1. The number of hydrogen-bond acceptors (Lipinski definition) is 5. The number of nitrogen functional groups attached to an aromatic ring is 1. The van der Waals surface area contributed by atoms with Crippen molar-refractivity contribution in [1.82, 2.24) is 14.5 Å². The van der Waals surface area contributed by atoms with Gasteiger partial charge in [0, 0.05) is 24.3 Å². The molecule has 0 bridgehead atoms. The first-order valence-electron chi connectivity index (χ1n) is 9.15. The van der Waals surface area contributed by atoms with Gasteiger partial charge in [-0.2, -0.15) is 0 Å². The number of thioether (sulfide) groups is 1. The molecule has 0 saturated carbocycles. The molecule has 2 aromatic heterocycles. The number of unbranched alkanes of at least 4 members (excludes halogenated alkanes) is 1. The van der Waals surface area contributed by atoms with Gasteiger partial charge in [-0.1, -0.05) is 6.42 Å². The zero-order valence-corrected chi connectivity index (χ0v) is 16.8. The lowest BCUT2D eigenvalue weighted by Crippen LogP contribution is -2.14. The lowest BCUT2D eigenvalue weighted by molar-refractivity contribution is 0.151. The van der Waals surface area contributed by atoms with Crippen LogP contribution in [0.15, 0.2) is 35.6 Å². The first-order valence-corrected chi connectivity index (χ1v) is 10.1. The average Bonchev–Trinajstić information content (AvgIpc) is 3.11. The number of benzene rings is 1. The Morgan fingerprint density at radius 2 is 2.07 bits per heavy atom. The van der Waals surface area contributed by atoms with E-state index in [2.05, 4.69) is 14.5 Å². The van der Waals surface area contributed by atoms with E-state index < -0.39 is 11.6 Å². The molecule has 5 nitrogen and oxygen atoms in total. The molecule has 28 heavy (non-hydrogen) atoms. The number of nitrogens with two attached hydrogens (primary N) is 1. The van der Waals surface area contributed by atoms with Gasteiger partial charge in [0.25, 0.3) is 0 Å². The Morgan fingerprint density at radius 1 is 1.25 bits per heavy atom. The lowest BCUT2D eigenvalue weighted by Gasteiger charge is -2.19. The summed E-state index contributed by atoms with van der Waals surface area (Å²) in [4.78, 5) is 9.07. The fraction of sp³-hybridized carbons (Fsp3) is 0.400. The van der Waals surface area contributed by atoms with Gasteiger partial charge >= 0.3 is 0 Å². The fourth-order valence-corrected chi connectivity index (χ4v) is 4.19. The second kappa shape index (κ2) is 9.34. The van der Waals surface area contributed by atoms with Gasteiger partial charge < -0.3 is 15.0 Å². The largest absolute Gasteiger partial charge is 0.383 e. The summed E-state index contributed by atoms with van der Waals surface area (Å²) in [7, 11) is 1.68. The highest BCUT2D eigenvalue weighted by Gasteiger charge is 2.17. The normalized spacial score (nSPS) is 12.6. The second-order valence-corrected chi connectivity index (χ2v) is 7.84. The minimum Gasteiger partial charge on any atom is -0.383 e. The predicted octanol–water partition coefficient (Wildman–Crippen LogP) is 4.75. The van der Waals surface area contributed by atoms with Crippen molar-refractivity contribution in [3.05, 3.63) is 47.9 Å². The van der Waals surface area contributed by atoms with Gasteiger partial charge in [0.05, 0.1) is 24.5 Å². The fourth-order valence-electron chi connectivity index (χ4n) is 3.26. The Hall–Kier alpha value is -2.19. The Morgan fingerprint density at radius 3 is 2.82 bits per heavy atom. The number of ether oxygens (including phenoxy) is 1. The van der Waals surface area contributed by atoms with Crippen LogP contribution in [0.1, 0.15) is 30.9 Å². The molecule has 3 rings (SSSR count). The van der Waals surface area contributed by atoms with E-state index in [1.807, 2.05) is 6.92 Å². The standard InChI is InChI=1S/C20H24F2N4OS/c1-13-10-24-20(23)18-19(13)26(12-25-18)15(11-27-2)5-3-4-8-28-17-7-6-14(21)9-16(17)22/h6-7,9-10,12,15H,3-5,8,11H2,1-2H3,(H2,23,24). The molecule has 0 amide bonds. The number of aromatic nitrogens is 3. The molecule has 0 spiro atoms. The van der Waals surface area contributed by atoms with Gasteiger partial charge in [-0.3, -0.25) is 0 Å². The molecule has 0 saturated heterocycles. The summed E-state index contributed by atoms with van der Waals surface area (Å²) in [5.41, 5.74) is 8.67. The van der Waals surface area contributed by atoms with Crippen molar-refractivity contribution in [2.24, 2.45) is 0 Å². The molecule has 0 fully saturated rings. The smallest absolute Gasteiger partial charge is 0.151 e. The highest BCUT2D eigenvalue weighted by Crippen LogP contribution is 2.28. The molecule has 0 aliphatic rings. The number of rotatable bonds is 9. The van der Waals surface area contributed by atoms with Crippen LogP contribution in [0, 0.1) is 18.6 Å². The maximum absolute atomic E-state index is 13.7. The Kier molecular flexibility index (Phi) is 6.85. The molecule has 3 aromatic rings. The quantitative estimate of drug-likeness (QED) is 0.410. The van der Waals surface area contributed by atoms with Crippen molar-refractivity contribution in [3.63, 3.8) is 0 Å². The van der Waals surface area contributed by atoms with E-state index in [0.29, 0.717) is 22.8 Å². The molecule has 1 atom stereocenters. The van der Waals surface area contributed by atoms with Crippen molar-refractivity contribution in [2.45, 2.75) is 37.1 Å². The van der Waals surface area contributed by atoms with Crippen LogP contribution in [0.25, 0.3) is 11.0 Å². The van der Waals surface area contributed by atoms with Gasteiger partial charge in [-0.05, 0) is 43.2 Å². The van der Waals surface area contributed by atoms with Crippen molar-refractivity contribution in [3.8, 4) is 0 Å². The molecule has 0 aliphatic heterocycles. The number of hydrogen-bond donors (Lipinski definition) is 1. The number of methoxy groups -OCH3 is 1. The number of nitrogens with zero attached hydrogens (tertiary/aromatic N) is 3. The summed E-state index contributed by atoms with van der Waals surface area (Å²) in [5, 5.41) is 0. The summed E-state index contributed by atoms with van der Waals surface area (Å²) in [5.74, 6) is 0.132. The topological polar surface area (TPSA) is 66.0 Å². The van der Waals surface area contributed by atoms with Crippen LogP contribution >= 0.6 is 11.8 Å². The molecule has 2 heterocycles. The van der Waals surface area contributed by atoms with Gasteiger partial charge in [0.15, 0.2) is 5.82 Å². The first-order chi connectivity index (χ1) is 13.5. The Labute approximate surface area is 167 Å². The summed E-state index contributed by atoms with van der Waals surface area (Å²) >= 11 is 1.41. The molecular weight excluding hydrogens is 382 g/mol. The van der Waals surface area contributed by atoms with Gasteiger partial charge in [-0.25, -0.2) is 18.7 Å². The van der Waals surface area contributed by atoms with E-state index in [1.54, 1.807) is 19.6 Å². The number of anilines is 1. The lowest BCUT2D eigenvalue weighted by atomic mass is 10.1. The van der Waals surface area contributed by atoms with Crippen LogP contribution in [-0.2, 0) is 4.74 Å². The zero-order chi connectivity index (χ0) is 20.1. The highest BCUT2D eigenvalue weighted by atomic mass is 32.2. The summed E-state index contributed by atoms with van der Waals surface area (Å²) in [6.45, 7) is 2.55. The van der Waals surface area contributed by atoms with E-state index in [-0.39, 0.29) is 6.04 Å². The minimum absolute atomic E-state index is 0.128. The van der Waals surface area contributed by atoms with Crippen molar-refractivity contribution in [2.75, 3.05) is 25.2 Å². The predicted molar refractivity (Wildman–Crippen MR) is 109 cm³/mol. The Bertz CT molecular complexity index is 947. The highest BCUT2D eigenvalue weighted by molar-refractivity contribution is 7.99. The zero-order valence-electron chi connectivity index (χ0n) is 16.0. The number of pyridine rings is 1. The molecule has 0 aliphatic carbocycles. The van der Waals surface area contributed by atoms with Crippen LogP contribution in [0.3, 0.4) is 0 Å². The van der Waals surface area contributed by atoms with Crippen molar-refractivity contribution < 1.29 is 13.5 Å². The molecule has 8 heteroatoms. The van der Waals surface area contributed by atoms with E-state index in [0.717, 1.165) is 42.2 Å². The molecule has 2 N–H and O–H groups in total. The van der Waals surface area contributed by atoms with E-state index in [9.17, 15) is 8.78 Å². The molecule has 1 aromatic carbocycles. The SMILES string of the molecule is COCC(CCCCSc1ccc(F)cc1F)n1cnc2c(N)ncc(C)c21. The van der Waals surface area contributed by atoms with E-state index >= 15 is 0 Å². The maximum atomic E-state index is 13.7. The second-order valence-electron chi connectivity index (χ2n) is 6.70. The third kappa shape index (κ3) is 4.62. The summed E-state index contributed by atoms with van der Waals surface area (Å²) in [6.07, 6.45) is 6.31. The van der Waals surface area contributed by atoms with E-state index in [4.69, 9.17) is 10.5 Å². The molecular formula is C20H24F2N4OS. The van der Waals surface area contributed by atoms with Crippen LogP contribution in [-0.4, -0.2) is 34.0 Å².